The third-order valence-electron chi connectivity index (χ3n) is 12.3. The van der Waals surface area contributed by atoms with Gasteiger partial charge < -0.3 is 9.47 Å². The maximum Gasteiger partial charge on any atom is 0.0562 e. The Labute approximate surface area is 350 Å². The maximum absolute atomic E-state index is 2.46. The van der Waals surface area contributed by atoms with Crippen molar-refractivity contribution < 1.29 is 0 Å². The van der Waals surface area contributed by atoms with Gasteiger partial charge >= 0.3 is 0 Å². The molecule has 0 radical (unpaired) electrons. The highest BCUT2D eigenvalue weighted by Gasteiger charge is 2.21. The lowest BCUT2D eigenvalue weighted by Crippen LogP contribution is -2.10. The van der Waals surface area contributed by atoms with Gasteiger partial charge in [-0.15, -0.1) is 22.7 Å². The third-order valence-corrected chi connectivity index (χ3v) is 14.7. The molecule has 1 aliphatic rings. The normalized spacial score (nSPS) is 14.3. The van der Waals surface area contributed by atoms with Crippen LogP contribution in [-0.2, 0) is 0 Å². The summed E-state index contributed by atoms with van der Waals surface area (Å²) in [5.74, 6) is 0.495. The second-order valence-corrected chi connectivity index (χ2v) is 17.8. The van der Waals surface area contributed by atoms with E-state index in [2.05, 4.69) is 211 Å². The SMILES string of the molecule is CC1CC=CC=C1c1ccc(N(c2ccc(-c3cccc4c3sc3ccccc34)cc2)c2ccc3c4c5sc6ccccc6c5ccc4n(-c4ccccc4)c3c2)cc1. The molecule has 0 saturated heterocycles. The van der Waals surface area contributed by atoms with E-state index in [-0.39, 0.29) is 0 Å². The van der Waals surface area contributed by atoms with Crippen LogP contribution in [0.2, 0.25) is 0 Å². The summed E-state index contributed by atoms with van der Waals surface area (Å²) in [4.78, 5) is 2.42. The fourth-order valence-corrected chi connectivity index (χ4v) is 11.9. The molecule has 0 fully saturated rings. The molecule has 1 atom stereocenters. The van der Waals surface area contributed by atoms with Crippen LogP contribution in [0.5, 0.6) is 0 Å². The van der Waals surface area contributed by atoms with Crippen molar-refractivity contribution in [2.24, 2.45) is 5.92 Å². The van der Waals surface area contributed by atoms with Gasteiger partial charge in [0, 0.05) is 73.9 Å². The van der Waals surface area contributed by atoms with Crippen LogP contribution < -0.4 is 4.90 Å². The zero-order valence-electron chi connectivity index (χ0n) is 32.5. The number of fused-ring (bicyclic) bond motifs is 10. The second-order valence-electron chi connectivity index (χ2n) is 15.7. The first-order valence-corrected chi connectivity index (χ1v) is 22.0. The molecule has 0 amide bonds. The molecular weight excluding hydrogens is 753 g/mol. The highest BCUT2D eigenvalue weighted by Crippen LogP contribution is 2.46. The lowest BCUT2D eigenvalue weighted by Gasteiger charge is -2.27. The molecule has 3 heterocycles. The summed E-state index contributed by atoms with van der Waals surface area (Å²) >= 11 is 3.78. The first-order chi connectivity index (χ1) is 29.2. The monoisotopic (exact) mass is 790 g/mol. The van der Waals surface area contributed by atoms with Crippen molar-refractivity contribution in [1.29, 1.82) is 0 Å². The fraction of sp³-hybridized carbons (Fsp3) is 0.0545. The highest BCUT2D eigenvalue weighted by atomic mass is 32.1. The van der Waals surface area contributed by atoms with Crippen LogP contribution >= 0.6 is 22.7 Å². The second kappa shape index (κ2) is 13.7. The molecule has 0 saturated carbocycles. The number of hydrogen-bond acceptors (Lipinski definition) is 3. The van der Waals surface area contributed by atoms with Gasteiger partial charge in [0.1, 0.15) is 0 Å². The molecule has 4 heteroatoms. The molecule has 0 bridgehead atoms. The Hall–Kier alpha value is -6.72. The van der Waals surface area contributed by atoms with E-state index in [9.17, 15) is 0 Å². The largest absolute Gasteiger partial charge is 0.310 e. The quantitative estimate of drug-likeness (QED) is 0.163. The number of benzene rings is 8. The molecule has 0 N–H and O–H groups in total. The number of aromatic nitrogens is 1. The number of para-hydroxylation sites is 1. The fourth-order valence-electron chi connectivity index (χ4n) is 9.41. The third kappa shape index (κ3) is 5.51. The number of nitrogens with zero attached hydrogens (tertiary/aromatic N) is 2. The average molecular weight is 791 g/mol. The molecule has 11 aromatic rings. The Morgan fingerprint density at radius 2 is 1.12 bits per heavy atom. The van der Waals surface area contributed by atoms with Crippen LogP contribution in [0, 0.1) is 5.92 Å². The van der Waals surface area contributed by atoms with Gasteiger partial charge in [0.05, 0.1) is 11.0 Å². The van der Waals surface area contributed by atoms with E-state index in [1.165, 1.54) is 84.4 Å². The van der Waals surface area contributed by atoms with Crippen LogP contribution in [-0.4, -0.2) is 4.57 Å². The predicted molar refractivity (Wildman–Crippen MR) is 258 cm³/mol. The molecule has 8 aromatic carbocycles. The molecule has 3 aromatic heterocycles. The topological polar surface area (TPSA) is 8.17 Å². The van der Waals surface area contributed by atoms with Crippen molar-refractivity contribution in [3.63, 3.8) is 0 Å². The van der Waals surface area contributed by atoms with Crippen molar-refractivity contribution in [2.45, 2.75) is 13.3 Å². The van der Waals surface area contributed by atoms with Crippen LogP contribution in [0.15, 0.2) is 194 Å². The Morgan fingerprint density at radius 3 is 1.85 bits per heavy atom. The van der Waals surface area contributed by atoms with E-state index in [0.717, 1.165) is 29.2 Å². The molecule has 1 aliphatic carbocycles. The Morgan fingerprint density at radius 1 is 0.508 bits per heavy atom. The summed E-state index contributed by atoms with van der Waals surface area (Å²) in [5.41, 5.74) is 12.1. The van der Waals surface area contributed by atoms with E-state index >= 15 is 0 Å². The minimum absolute atomic E-state index is 0.495. The molecule has 280 valence electrons. The standard InChI is InChI=1S/C55H38N2S2/c1-35-12-5-6-15-42(35)36-22-26-39(27-23-36)56(40-28-24-37(25-29-40)43-18-11-19-46-44-16-7-9-20-51(44)58-54(43)46)41-30-31-48-50(34-41)57(38-13-3-2-4-14-38)49-33-32-47-45-17-8-10-21-52(45)59-55(47)53(48)49/h2-11,13-35H,12H2,1H3. The van der Waals surface area contributed by atoms with Gasteiger partial charge in [0.2, 0.25) is 0 Å². The van der Waals surface area contributed by atoms with Crippen molar-refractivity contribution in [1.82, 2.24) is 4.57 Å². The Balaban J connectivity index is 1.05. The van der Waals surface area contributed by atoms with Gasteiger partial charge in [-0.2, -0.15) is 0 Å². The van der Waals surface area contributed by atoms with E-state index in [1.807, 2.05) is 22.7 Å². The highest BCUT2D eigenvalue weighted by molar-refractivity contribution is 7.27. The summed E-state index contributed by atoms with van der Waals surface area (Å²) in [6.45, 7) is 2.32. The van der Waals surface area contributed by atoms with E-state index in [1.54, 1.807) is 0 Å². The van der Waals surface area contributed by atoms with Crippen molar-refractivity contribution >= 4 is 107 Å². The summed E-state index contributed by atoms with van der Waals surface area (Å²) in [5, 5.41) is 7.86. The number of allylic oxidation sites excluding steroid dienone is 4. The number of hydrogen-bond donors (Lipinski definition) is 0. The van der Waals surface area contributed by atoms with Crippen LogP contribution in [0.3, 0.4) is 0 Å². The summed E-state index contributed by atoms with van der Waals surface area (Å²) in [6.07, 6.45) is 7.82. The summed E-state index contributed by atoms with van der Waals surface area (Å²) in [7, 11) is 0. The predicted octanol–water partition coefficient (Wildman–Crippen LogP) is 16.6. The first kappa shape index (κ1) is 34.3. The van der Waals surface area contributed by atoms with Gasteiger partial charge in [-0.1, -0.05) is 134 Å². The lowest BCUT2D eigenvalue weighted by molar-refractivity contribution is 0.758. The van der Waals surface area contributed by atoms with Gasteiger partial charge in [-0.05, 0) is 101 Å². The van der Waals surface area contributed by atoms with Crippen LogP contribution in [0.1, 0.15) is 18.9 Å². The zero-order chi connectivity index (χ0) is 39.0. The van der Waals surface area contributed by atoms with Crippen molar-refractivity contribution in [2.75, 3.05) is 4.90 Å². The van der Waals surface area contributed by atoms with Gasteiger partial charge in [0.15, 0.2) is 0 Å². The Bertz CT molecular complexity index is 3470. The molecule has 59 heavy (non-hydrogen) atoms. The molecular formula is C55H38N2S2. The zero-order valence-corrected chi connectivity index (χ0v) is 34.1. The van der Waals surface area contributed by atoms with E-state index < -0.39 is 0 Å². The van der Waals surface area contributed by atoms with Crippen LogP contribution in [0.4, 0.5) is 17.1 Å². The van der Waals surface area contributed by atoms with Gasteiger partial charge in [-0.25, -0.2) is 0 Å². The van der Waals surface area contributed by atoms with Gasteiger partial charge in [0.25, 0.3) is 0 Å². The number of thiophene rings is 2. The summed E-state index contributed by atoms with van der Waals surface area (Å²) < 4.78 is 7.78. The average Bonchev–Trinajstić information content (AvgIpc) is 3.97. The van der Waals surface area contributed by atoms with Crippen molar-refractivity contribution in [3.05, 3.63) is 200 Å². The number of anilines is 3. The first-order valence-electron chi connectivity index (χ1n) is 20.4. The molecule has 2 nitrogen and oxygen atoms in total. The minimum Gasteiger partial charge on any atom is -0.310 e. The lowest BCUT2D eigenvalue weighted by atomic mass is 9.88. The Kier molecular flexibility index (Phi) is 7.97. The van der Waals surface area contributed by atoms with E-state index in [4.69, 9.17) is 0 Å². The molecule has 1 unspecified atom stereocenters. The maximum atomic E-state index is 2.46. The smallest absolute Gasteiger partial charge is 0.0562 e. The summed E-state index contributed by atoms with van der Waals surface area (Å²) in [6, 6.07) is 65.2. The van der Waals surface area contributed by atoms with Gasteiger partial charge in [-0.3, -0.25) is 0 Å². The molecule has 12 rings (SSSR count). The minimum atomic E-state index is 0.495. The number of rotatable bonds is 6. The van der Waals surface area contributed by atoms with Crippen LogP contribution in [0.25, 0.3) is 84.5 Å². The van der Waals surface area contributed by atoms with E-state index in [0.29, 0.717) is 5.92 Å². The molecule has 0 spiro atoms. The van der Waals surface area contributed by atoms with Crippen molar-refractivity contribution in [3.8, 4) is 16.8 Å². The molecule has 0 aliphatic heterocycles.